The van der Waals surface area contributed by atoms with Gasteiger partial charge in [-0.15, -0.1) is 0 Å². The van der Waals surface area contributed by atoms with Gasteiger partial charge in [0.15, 0.2) is 0 Å². The van der Waals surface area contributed by atoms with Crippen molar-refractivity contribution in [2.45, 2.75) is 31.3 Å². The monoisotopic (exact) mass is 630 g/mol. The molecule has 0 saturated carbocycles. The highest BCUT2D eigenvalue weighted by Crippen LogP contribution is 2.19. The Bertz CT molecular complexity index is 1670. The van der Waals surface area contributed by atoms with Crippen LogP contribution >= 0.6 is 0 Å². The van der Waals surface area contributed by atoms with Crippen LogP contribution in [0.3, 0.4) is 0 Å². The standard InChI is InChI=1S/C33H38N6O5S/c1-24(36-30(18-19-34)25-10-16-28(17-11-25)37-45(42,43)29-8-6-5-7-9-29)35-27-14-12-26(13-15-27)31(40)38-20-22-39(23-21-38)32(41)44-33(2,3)4/h5-19,35,37H,1,20-23,34H2,2-4H3/b19-18-,36-30+. The van der Waals surface area contributed by atoms with E-state index in [1.807, 2.05) is 20.8 Å². The van der Waals surface area contributed by atoms with Gasteiger partial charge in [-0.3, -0.25) is 9.52 Å². The Kier molecular flexibility index (Phi) is 10.3. The number of amides is 2. The van der Waals surface area contributed by atoms with E-state index in [4.69, 9.17) is 10.5 Å². The molecule has 45 heavy (non-hydrogen) atoms. The van der Waals surface area contributed by atoms with E-state index in [9.17, 15) is 18.0 Å². The predicted octanol–water partition coefficient (Wildman–Crippen LogP) is 5.03. The molecule has 0 aromatic heterocycles. The number of aliphatic imine (C=N–C) groups is 1. The van der Waals surface area contributed by atoms with Crippen molar-refractivity contribution < 1.29 is 22.7 Å². The molecule has 1 saturated heterocycles. The number of carbonyl (C=O) groups excluding carboxylic acids is 2. The SMILES string of the molecule is C=C(/N=C(\C=C/N)c1ccc(NS(=O)(=O)c2ccccc2)cc1)Nc1ccc(C(=O)N2CCN(C(=O)OC(C)(C)C)CC2)cc1. The molecule has 0 radical (unpaired) electrons. The average Bonchev–Trinajstić information content (AvgIpc) is 3.01. The molecule has 12 heteroatoms. The smallest absolute Gasteiger partial charge is 0.410 e. The van der Waals surface area contributed by atoms with E-state index in [2.05, 4.69) is 21.6 Å². The van der Waals surface area contributed by atoms with Crippen LogP contribution in [0.2, 0.25) is 0 Å². The third kappa shape index (κ3) is 9.19. The van der Waals surface area contributed by atoms with Crippen molar-refractivity contribution in [1.29, 1.82) is 0 Å². The Balaban J connectivity index is 1.35. The summed E-state index contributed by atoms with van der Waals surface area (Å²) in [5.41, 5.74) is 7.88. The summed E-state index contributed by atoms with van der Waals surface area (Å²) >= 11 is 0. The van der Waals surface area contributed by atoms with E-state index in [-0.39, 0.29) is 16.9 Å². The van der Waals surface area contributed by atoms with Crippen LogP contribution in [0, 0.1) is 0 Å². The highest BCUT2D eigenvalue weighted by atomic mass is 32.2. The van der Waals surface area contributed by atoms with Crippen LogP contribution < -0.4 is 15.8 Å². The highest BCUT2D eigenvalue weighted by molar-refractivity contribution is 7.92. The first-order valence-electron chi connectivity index (χ1n) is 14.3. The molecule has 4 rings (SSSR count). The molecule has 1 heterocycles. The summed E-state index contributed by atoms with van der Waals surface area (Å²) in [7, 11) is -3.72. The zero-order chi connectivity index (χ0) is 32.6. The van der Waals surface area contributed by atoms with E-state index < -0.39 is 15.6 Å². The number of piperazine rings is 1. The molecule has 0 spiro atoms. The number of sulfonamides is 1. The maximum atomic E-state index is 13.1. The normalized spacial score (nSPS) is 14.2. The maximum Gasteiger partial charge on any atom is 0.410 e. The first kappa shape index (κ1) is 32.8. The number of anilines is 2. The quantitative estimate of drug-likeness (QED) is 0.281. The molecular formula is C33H38N6O5S. The number of hydrogen-bond acceptors (Lipinski definition) is 8. The molecular weight excluding hydrogens is 592 g/mol. The molecule has 0 bridgehead atoms. The van der Waals surface area contributed by atoms with Crippen LogP contribution in [-0.2, 0) is 14.8 Å². The summed E-state index contributed by atoms with van der Waals surface area (Å²) < 4.78 is 33.3. The highest BCUT2D eigenvalue weighted by Gasteiger charge is 2.28. The summed E-state index contributed by atoms with van der Waals surface area (Å²) in [6, 6.07) is 21.8. The minimum atomic E-state index is -3.72. The zero-order valence-electron chi connectivity index (χ0n) is 25.6. The molecule has 1 aliphatic heterocycles. The van der Waals surface area contributed by atoms with Crippen LogP contribution in [-0.4, -0.2) is 67.7 Å². The fourth-order valence-corrected chi connectivity index (χ4v) is 5.53. The number of ether oxygens (including phenoxy) is 1. The van der Waals surface area contributed by atoms with E-state index in [0.717, 1.165) is 0 Å². The summed E-state index contributed by atoms with van der Waals surface area (Å²) in [6.45, 7) is 11.1. The third-order valence-electron chi connectivity index (χ3n) is 6.63. The molecule has 0 unspecified atom stereocenters. The van der Waals surface area contributed by atoms with Gasteiger partial charge in [0, 0.05) is 48.7 Å². The predicted molar refractivity (Wildman–Crippen MR) is 176 cm³/mol. The minimum Gasteiger partial charge on any atom is -0.444 e. The van der Waals surface area contributed by atoms with Crippen molar-refractivity contribution in [1.82, 2.24) is 9.80 Å². The second-order valence-electron chi connectivity index (χ2n) is 11.3. The Morgan fingerprint density at radius 1 is 0.867 bits per heavy atom. The number of nitrogens with one attached hydrogen (secondary N) is 2. The fourth-order valence-electron chi connectivity index (χ4n) is 4.45. The molecule has 2 amide bonds. The van der Waals surface area contributed by atoms with Gasteiger partial charge in [0.05, 0.1) is 10.6 Å². The van der Waals surface area contributed by atoms with Gasteiger partial charge in [0.1, 0.15) is 11.4 Å². The van der Waals surface area contributed by atoms with E-state index >= 15 is 0 Å². The van der Waals surface area contributed by atoms with Crippen molar-refractivity contribution in [3.63, 3.8) is 0 Å². The molecule has 4 N–H and O–H groups in total. The van der Waals surface area contributed by atoms with Crippen LogP contribution in [0.1, 0.15) is 36.7 Å². The number of nitrogens with two attached hydrogens (primary N) is 1. The summed E-state index contributed by atoms with van der Waals surface area (Å²) in [5.74, 6) is 0.210. The largest absolute Gasteiger partial charge is 0.444 e. The first-order valence-corrected chi connectivity index (χ1v) is 15.8. The lowest BCUT2D eigenvalue weighted by Gasteiger charge is -2.35. The summed E-state index contributed by atoms with van der Waals surface area (Å²) in [6.07, 6.45) is 2.59. The van der Waals surface area contributed by atoms with Crippen molar-refractivity contribution >= 4 is 39.1 Å². The van der Waals surface area contributed by atoms with Gasteiger partial charge in [-0.1, -0.05) is 36.9 Å². The van der Waals surface area contributed by atoms with Gasteiger partial charge in [-0.05, 0) is 81.6 Å². The van der Waals surface area contributed by atoms with Gasteiger partial charge >= 0.3 is 6.09 Å². The molecule has 3 aromatic rings. The first-order chi connectivity index (χ1) is 21.3. The lowest BCUT2D eigenvalue weighted by atomic mass is 10.1. The number of benzene rings is 3. The van der Waals surface area contributed by atoms with Crippen molar-refractivity contribution in [3.8, 4) is 0 Å². The van der Waals surface area contributed by atoms with Crippen molar-refractivity contribution in [2.75, 3.05) is 36.2 Å². The van der Waals surface area contributed by atoms with Crippen LogP contribution in [0.5, 0.6) is 0 Å². The van der Waals surface area contributed by atoms with Gasteiger partial charge in [-0.25, -0.2) is 18.2 Å². The fraction of sp³-hybridized carbons (Fsp3) is 0.242. The van der Waals surface area contributed by atoms with Gasteiger partial charge in [-0.2, -0.15) is 0 Å². The molecule has 3 aromatic carbocycles. The Labute approximate surface area is 264 Å². The van der Waals surface area contributed by atoms with Gasteiger partial charge < -0.3 is 25.6 Å². The zero-order valence-corrected chi connectivity index (χ0v) is 26.4. The average molecular weight is 631 g/mol. The van der Waals surface area contributed by atoms with Crippen molar-refractivity contribution in [2.24, 2.45) is 10.7 Å². The molecule has 1 aliphatic rings. The number of allylic oxidation sites excluding steroid dienone is 1. The Hall–Kier alpha value is -5.10. The topological polar surface area (TPSA) is 146 Å². The minimum absolute atomic E-state index is 0.118. The number of carbonyl (C=O) groups is 2. The third-order valence-corrected chi connectivity index (χ3v) is 8.03. The molecule has 11 nitrogen and oxygen atoms in total. The number of rotatable bonds is 9. The van der Waals surface area contributed by atoms with E-state index in [0.29, 0.717) is 60.2 Å². The number of hydrogen-bond donors (Lipinski definition) is 3. The van der Waals surface area contributed by atoms with Crippen LogP contribution in [0.4, 0.5) is 16.2 Å². The van der Waals surface area contributed by atoms with Gasteiger partial charge in [0.2, 0.25) is 0 Å². The molecule has 0 aliphatic carbocycles. The summed E-state index contributed by atoms with van der Waals surface area (Å²) in [5, 5.41) is 3.11. The van der Waals surface area contributed by atoms with E-state index in [1.54, 1.807) is 82.6 Å². The van der Waals surface area contributed by atoms with Crippen molar-refractivity contribution in [3.05, 3.63) is 115 Å². The lowest BCUT2D eigenvalue weighted by Crippen LogP contribution is -2.51. The number of nitrogens with zero attached hydrogens (tertiary/aromatic N) is 3. The summed E-state index contributed by atoms with van der Waals surface area (Å²) in [4.78, 5) is 33.4. The molecule has 0 atom stereocenters. The lowest BCUT2D eigenvalue weighted by molar-refractivity contribution is 0.0141. The van der Waals surface area contributed by atoms with Crippen LogP contribution in [0.15, 0.2) is 113 Å². The molecule has 236 valence electrons. The Morgan fingerprint density at radius 2 is 1.42 bits per heavy atom. The molecule has 1 fully saturated rings. The van der Waals surface area contributed by atoms with Crippen LogP contribution in [0.25, 0.3) is 0 Å². The Morgan fingerprint density at radius 3 is 2.00 bits per heavy atom. The van der Waals surface area contributed by atoms with Gasteiger partial charge in [0.25, 0.3) is 15.9 Å². The maximum absolute atomic E-state index is 13.1. The second-order valence-corrected chi connectivity index (χ2v) is 12.9. The second kappa shape index (κ2) is 14.1. The van der Waals surface area contributed by atoms with E-state index in [1.165, 1.54) is 18.3 Å².